The molecule has 8 heteroatoms. The predicted molar refractivity (Wildman–Crippen MR) is 92.9 cm³/mol. The monoisotopic (exact) mass is 343 g/mol. The number of fused-ring (bicyclic) bond motifs is 1. The molecule has 0 aliphatic carbocycles. The van der Waals surface area contributed by atoms with Crippen molar-refractivity contribution in [3.63, 3.8) is 0 Å². The smallest absolute Gasteiger partial charge is 0.357 e. The fourth-order valence-corrected chi connectivity index (χ4v) is 2.57. The van der Waals surface area contributed by atoms with Crippen LogP contribution in [0.3, 0.4) is 0 Å². The van der Waals surface area contributed by atoms with Crippen molar-refractivity contribution in [2.45, 2.75) is 0 Å². The van der Waals surface area contributed by atoms with Gasteiger partial charge in [-0.25, -0.2) is 19.5 Å². The third kappa shape index (κ3) is 2.81. The van der Waals surface area contributed by atoms with E-state index in [9.17, 15) is 9.90 Å². The summed E-state index contributed by atoms with van der Waals surface area (Å²) in [6.07, 6.45) is 1.62. The van der Waals surface area contributed by atoms with Crippen molar-refractivity contribution in [2.75, 3.05) is 5.88 Å². The molecule has 7 nitrogen and oxygen atoms in total. The van der Waals surface area contributed by atoms with E-state index in [0.717, 1.165) is 5.56 Å². The summed E-state index contributed by atoms with van der Waals surface area (Å²) < 4.78 is 1.45. The number of amidine groups is 1. The van der Waals surface area contributed by atoms with Crippen LogP contribution in [0.5, 0.6) is 0 Å². The number of alkyl halides is 1. The molecular formula is C16H14ClN5O2. The van der Waals surface area contributed by atoms with E-state index in [1.807, 2.05) is 18.2 Å². The van der Waals surface area contributed by atoms with E-state index in [0.29, 0.717) is 28.1 Å². The van der Waals surface area contributed by atoms with Crippen LogP contribution in [0.1, 0.15) is 10.5 Å². The first-order valence-electron chi connectivity index (χ1n) is 7.05. The highest BCUT2D eigenvalue weighted by molar-refractivity contribution is 6.28. The molecule has 0 fully saturated rings. The third-order valence-corrected chi connectivity index (χ3v) is 3.77. The molecule has 122 valence electrons. The number of aromatic carboxylic acids is 1. The summed E-state index contributed by atoms with van der Waals surface area (Å²) in [5.74, 6) is -0.660. The van der Waals surface area contributed by atoms with Crippen molar-refractivity contribution in [3.8, 4) is 11.1 Å². The third-order valence-electron chi connectivity index (χ3n) is 3.49. The van der Waals surface area contributed by atoms with Crippen LogP contribution in [0, 0.1) is 0 Å². The van der Waals surface area contributed by atoms with Gasteiger partial charge in [-0.1, -0.05) is 12.1 Å². The lowest BCUT2D eigenvalue weighted by atomic mass is 10.0. The molecule has 0 aliphatic heterocycles. The predicted octanol–water partition coefficient (Wildman–Crippen LogP) is 2.56. The molecule has 3 N–H and O–H groups in total. The van der Waals surface area contributed by atoms with Crippen LogP contribution in [-0.2, 0) is 7.05 Å². The number of carboxylic acids is 1. The van der Waals surface area contributed by atoms with Gasteiger partial charge in [0, 0.05) is 13.2 Å². The summed E-state index contributed by atoms with van der Waals surface area (Å²) in [7, 11) is 1.66. The summed E-state index contributed by atoms with van der Waals surface area (Å²) in [6.45, 7) is 0. The van der Waals surface area contributed by atoms with Gasteiger partial charge in [0.15, 0.2) is 11.3 Å². The SMILES string of the molecule is Cn1nc(C(=O)O)c2c(-c3cccc(N=C(N)CCl)c3)ccnc21. The van der Waals surface area contributed by atoms with Gasteiger partial charge < -0.3 is 10.8 Å². The molecule has 2 aromatic heterocycles. The number of rotatable bonds is 4. The minimum atomic E-state index is -1.10. The van der Waals surface area contributed by atoms with Crippen LogP contribution < -0.4 is 5.73 Å². The average molecular weight is 344 g/mol. The molecule has 3 rings (SSSR count). The Kier molecular flexibility index (Phi) is 4.18. The number of benzene rings is 1. The van der Waals surface area contributed by atoms with Crippen LogP contribution in [0.4, 0.5) is 5.69 Å². The Morgan fingerprint density at radius 3 is 2.92 bits per heavy atom. The minimum absolute atomic E-state index is 0.0372. The van der Waals surface area contributed by atoms with Gasteiger partial charge in [0.05, 0.1) is 17.0 Å². The summed E-state index contributed by atoms with van der Waals surface area (Å²) in [5.41, 5.74) is 8.27. The molecule has 0 saturated heterocycles. The molecule has 0 amide bonds. The molecule has 0 radical (unpaired) electrons. The van der Waals surface area contributed by atoms with E-state index in [2.05, 4.69) is 15.1 Å². The van der Waals surface area contributed by atoms with E-state index in [1.54, 1.807) is 25.4 Å². The van der Waals surface area contributed by atoms with Gasteiger partial charge in [-0.2, -0.15) is 5.10 Å². The van der Waals surface area contributed by atoms with Crippen molar-refractivity contribution in [2.24, 2.45) is 17.8 Å². The molecule has 0 spiro atoms. The topological polar surface area (TPSA) is 106 Å². The Morgan fingerprint density at radius 1 is 1.42 bits per heavy atom. The van der Waals surface area contributed by atoms with Gasteiger partial charge in [-0.05, 0) is 29.3 Å². The highest BCUT2D eigenvalue weighted by atomic mass is 35.5. The van der Waals surface area contributed by atoms with Gasteiger partial charge in [0.2, 0.25) is 0 Å². The lowest BCUT2D eigenvalue weighted by molar-refractivity contribution is 0.0691. The molecule has 0 aliphatic rings. The fraction of sp³-hybridized carbons (Fsp3) is 0.125. The number of aromatic nitrogens is 3. The number of hydrogen-bond acceptors (Lipinski definition) is 4. The van der Waals surface area contributed by atoms with Crippen LogP contribution in [0.15, 0.2) is 41.5 Å². The zero-order valence-electron chi connectivity index (χ0n) is 12.8. The van der Waals surface area contributed by atoms with E-state index in [1.165, 1.54) is 4.68 Å². The number of halogens is 1. The van der Waals surface area contributed by atoms with Crippen molar-refractivity contribution in [1.29, 1.82) is 0 Å². The molecule has 0 unspecified atom stereocenters. The maximum atomic E-state index is 11.5. The van der Waals surface area contributed by atoms with Crippen molar-refractivity contribution in [1.82, 2.24) is 14.8 Å². The number of aryl methyl sites for hydroxylation is 1. The molecule has 0 saturated carbocycles. The van der Waals surface area contributed by atoms with E-state index >= 15 is 0 Å². The Labute approximate surface area is 142 Å². The number of nitrogens with two attached hydrogens (primary N) is 1. The number of nitrogens with zero attached hydrogens (tertiary/aromatic N) is 4. The summed E-state index contributed by atoms with van der Waals surface area (Å²) >= 11 is 5.65. The Balaban J connectivity index is 2.24. The summed E-state index contributed by atoms with van der Waals surface area (Å²) in [6, 6.07) is 9.04. The van der Waals surface area contributed by atoms with Crippen LogP contribution in [0.2, 0.25) is 0 Å². The molecule has 24 heavy (non-hydrogen) atoms. The average Bonchev–Trinajstić information content (AvgIpc) is 2.92. The summed E-state index contributed by atoms with van der Waals surface area (Å²) in [5, 5.41) is 14.0. The largest absolute Gasteiger partial charge is 0.476 e. The first-order chi connectivity index (χ1) is 11.5. The summed E-state index contributed by atoms with van der Waals surface area (Å²) in [4.78, 5) is 19.9. The van der Waals surface area contributed by atoms with E-state index < -0.39 is 5.97 Å². The zero-order valence-corrected chi connectivity index (χ0v) is 13.5. The van der Waals surface area contributed by atoms with Gasteiger partial charge in [-0.3, -0.25) is 0 Å². The molecule has 1 aromatic carbocycles. The van der Waals surface area contributed by atoms with Crippen molar-refractivity contribution < 1.29 is 9.90 Å². The highest BCUT2D eigenvalue weighted by Crippen LogP contribution is 2.31. The van der Waals surface area contributed by atoms with Gasteiger partial charge in [0.1, 0.15) is 5.84 Å². The van der Waals surface area contributed by atoms with Gasteiger partial charge in [0.25, 0.3) is 0 Å². The number of carboxylic acid groups (broad SMARTS) is 1. The standard InChI is InChI=1S/C16H14ClN5O2/c1-22-15-13(14(21-22)16(23)24)11(5-6-19-15)9-3-2-4-10(7-9)20-12(18)8-17/h2-7H,8H2,1H3,(H2,18,20)(H,23,24). The first kappa shape index (κ1) is 15.9. The normalized spacial score (nSPS) is 11.8. The van der Waals surface area contributed by atoms with Crippen LogP contribution in [-0.4, -0.2) is 37.6 Å². The molecule has 0 bridgehead atoms. The zero-order chi connectivity index (χ0) is 17.3. The molecular weight excluding hydrogens is 330 g/mol. The quantitative estimate of drug-likeness (QED) is 0.430. The lowest BCUT2D eigenvalue weighted by Gasteiger charge is -2.06. The second-order valence-corrected chi connectivity index (χ2v) is 5.39. The van der Waals surface area contributed by atoms with Gasteiger partial charge >= 0.3 is 5.97 Å². The molecule has 2 heterocycles. The first-order valence-corrected chi connectivity index (χ1v) is 7.59. The number of pyridine rings is 1. The molecule has 0 atom stereocenters. The van der Waals surface area contributed by atoms with E-state index in [4.69, 9.17) is 17.3 Å². The maximum absolute atomic E-state index is 11.5. The van der Waals surface area contributed by atoms with E-state index in [-0.39, 0.29) is 11.6 Å². The van der Waals surface area contributed by atoms with Crippen LogP contribution in [0.25, 0.3) is 22.2 Å². The van der Waals surface area contributed by atoms with Crippen molar-refractivity contribution in [3.05, 3.63) is 42.2 Å². The Hall–Kier alpha value is -2.93. The van der Waals surface area contributed by atoms with Crippen molar-refractivity contribution >= 4 is 40.1 Å². The van der Waals surface area contributed by atoms with Gasteiger partial charge in [-0.15, -0.1) is 11.6 Å². The number of aliphatic imine (C=N–C) groups is 1. The second kappa shape index (κ2) is 6.29. The lowest BCUT2D eigenvalue weighted by Crippen LogP contribution is -2.12. The maximum Gasteiger partial charge on any atom is 0.357 e. The van der Waals surface area contributed by atoms with Crippen LogP contribution >= 0.6 is 11.6 Å². The molecule has 3 aromatic rings. The number of carbonyl (C=O) groups is 1. The minimum Gasteiger partial charge on any atom is -0.476 e. The Bertz CT molecular complexity index is 964. The Morgan fingerprint density at radius 2 is 2.21 bits per heavy atom. The number of hydrogen-bond donors (Lipinski definition) is 2. The fourth-order valence-electron chi connectivity index (χ4n) is 2.51. The second-order valence-electron chi connectivity index (χ2n) is 5.12. The highest BCUT2D eigenvalue weighted by Gasteiger charge is 2.19.